The number of amides is 2. The third-order valence-corrected chi connectivity index (χ3v) is 16.2. The Morgan fingerprint density at radius 3 is 1.35 bits per heavy atom. The van der Waals surface area contributed by atoms with Crippen molar-refractivity contribution < 1.29 is 27.5 Å². The first-order chi connectivity index (χ1) is 31.2. The van der Waals surface area contributed by atoms with E-state index in [-0.39, 0.29) is 58.3 Å². The van der Waals surface area contributed by atoms with Crippen molar-refractivity contribution in [1.29, 1.82) is 0 Å². The van der Waals surface area contributed by atoms with Crippen LogP contribution in [0.5, 0.6) is 0 Å². The van der Waals surface area contributed by atoms with Gasteiger partial charge in [-0.2, -0.15) is 0 Å². The summed E-state index contributed by atoms with van der Waals surface area (Å²) in [4.78, 5) is 62.7. The number of carbonyl (C=O) groups excluding carboxylic acids is 2. The van der Waals surface area contributed by atoms with E-state index in [0.29, 0.717) is 63.0 Å². The van der Waals surface area contributed by atoms with E-state index in [4.69, 9.17) is 17.9 Å². The number of nitrogens with zero attached hydrogens (tertiary/aromatic N) is 5. The first-order valence-corrected chi connectivity index (χ1v) is 25.0. The molecular formula is C52H68N5O8P. The number of allylic oxidation sites excluding steroid dienone is 2. The zero-order valence-electron chi connectivity index (χ0n) is 40.9. The van der Waals surface area contributed by atoms with Gasteiger partial charge >= 0.3 is 11.3 Å². The van der Waals surface area contributed by atoms with Crippen molar-refractivity contribution in [2.24, 2.45) is 0 Å². The minimum absolute atomic E-state index is 0.0355. The van der Waals surface area contributed by atoms with E-state index < -0.39 is 19.8 Å². The number of hydrogen-bond acceptors (Lipinski definition) is 11. The number of carbonyl (C=O) groups is 2. The number of rotatable bonds is 11. The highest BCUT2D eigenvalue weighted by Gasteiger charge is 2.38. The van der Waals surface area contributed by atoms with E-state index >= 15 is 0 Å². The molecule has 0 saturated carbocycles. The molecule has 0 unspecified atom stereocenters. The first-order valence-electron chi connectivity index (χ1n) is 23.9. The molecule has 13 nitrogen and oxygen atoms in total. The summed E-state index contributed by atoms with van der Waals surface area (Å²) in [7, 11) is -1.50. The molecule has 14 heteroatoms. The molecule has 6 heterocycles. The zero-order chi connectivity index (χ0) is 47.6. The first kappa shape index (κ1) is 47.7. The topological polar surface area (TPSA) is 129 Å². The highest BCUT2D eigenvalue weighted by molar-refractivity contribution is 7.44. The van der Waals surface area contributed by atoms with Gasteiger partial charge in [0.15, 0.2) is 0 Å². The highest BCUT2D eigenvalue weighted by Crippen LogP contribution is 2.50. The Bertz CT molecular complexity index is 2540. The third-order valence-electron chi connectivity index (χ3n) is 13.9. The number of piperidine rings is 2. The predicted octanol–water partition coefficient (Wildman–Crippen LogP) is 10.2. The van der Waals surface area contributed by atoms with Crippen molar-refractivity contribution in [3.8, 4) is 0 Å². The molecule has 8 rings (SSSR count). The van der Waals surface area contributed by atoms with Gasteiger partial charge in [-0.3, -0.25) is 9.59 Å². The van der Waals surface area contributed by atoms with Crippen LogP contribution in [0.15, 0.2) is 67.0 Å². The SMILES string of the molecule is CCN1c2cc3oc(=O)c(C(=O)N4CCC(OP(OC5CCN(C(=O)c6cc7cc8c(cc7oc6=O)N(CC)C(C)(C)C=C8C)CC5)N(C(C)C)C(C)C)CC4)cc3cc2C(C)=CC1(C)C. The van der Waals surface area contributed by atoms with Crippen LogP contribution in [-0.2, 0) is 9.05 Å². The number of hydrogen-bond donors (Lipinski definition) is 0. The fraction of sp³-hybridized carbons (Fsp3) is 0.538. The molecule has 2 saturated heterocycles. The lowest BCUT2D eigenvalue weighted by atomic mass is 9.88. The van der Waals surface area contributed by atoms with Gasteiger partial charge in [0, 0.05) is 96.8 Å². The van der Waals surface area contributed by atoms with E-state index in [1.54, 1.807) is 21.9 Å². The molecule has 4 aliphatic heterocycles. The molecule has 2 aromatic carbocycles. The molecule has 0 N–H and O–H groups in total. The normalized spacial score (nSPS) is 19.0. The Morgan fingerprint density at radius 2 is 1.02 bits per heavy atom. The van der Waals surface area contributed by atoms with Gasteiger partial charge in [-0.1, -0.05) is 12.2 Å². The van der Waals surface area contributed by atoms with Gasteiger partial charge in [-0.25, -0.2) is 14.3 Å². The average Bonchev–Trinajstić information content (AvgIpc) is 3.24. The Hall–Kier alpha value is -4.81. The molecule has 0 spiro atoms. The van der Waals surface area contributed by atoms with Crippen molar-refractivity contribution in [3.05, 3.63) is 91.6 Å². The van der Waals surface area contributed by atoms with Crippen LogP contribution in [0, 0.1) is 0 Å². The van der Waals surface area contributed by atoms with Gasteiger partial charge in [0.1, 0.15) is 22.3 Å². The summed E-state index contributed by atoms with van der Waals surface area (Å²) in [5.74, 6) is -0.674. The second-order valence-corrected chi connectivity index (χ2v) is 21.5. The molecule has 354 valence electrons. The Balaban J connectivity index is 0.916. The number of fused-ring (bicyclic) bond motifs is 4. The minimum atomic E-state index is -1.50. The van der Waals surface area contributed by atoms with Crippen molar-refractivity contribution in [2.75, 3.05) is 49.1 Å². The summed E-state index contributed by atoms with van der Waals surface area (Å²) in [5, 5.41) is 1.44. The number of benzene rings is 2. The maximum atomic E-state index is 13.9. The Morgan fingerprint density at radius 1 is 0.652 bits per heavy atom. The van der Waals surface area contributed by atoms with Crippen LogP contribution in [0.2, 0.25) is 0 Å². The molecule has 4 aromatic rings. The average molecular weight is 922 g/mol. The molecule has 0 atom stereocenters. The molecule has 66 heavy (non-hydrogen) atoms. The largest absolute Gasteiger partial charge is 0.422 e. The van der Waals surface area contributed by atoms with Gasteiger partial charge in [0.2, 0.25) is 0 Å². The molecule has 0 bridgehead atoms. The summed E-state index contributed by atoms with van der Waals surface area (Å²) in [6.45, 7) is 29.0. The standard InChI is InChI=1S/C52H68N5O8P/c1-13-55-43-27-45-35(23-39(43)33(7)29-51(55,9)10)25-41(49(60)62-45)47(58)53-19-15-37(16-20-53)64-66(57(31(3)4)32(5)6)65-38-17-21-54(22-18-38)48(59)42-26-36-24-40-34(8)30-52(11,12)56(14-2)44(40)28-46(36)63-50(42)61/h23-32,37-38H,13-22H2,1-12H3. The van der Waals surface area contributed by atoms with Crippen LogP contribution < -0.4 is 21.1 Å². The van der Waals surface area contributed by atoms with Crippen LogP contribution in [0.3, 0.4) is 0 Å². The number of anilines is 2. The second kappa shape index (κ2) is 18.4. The van der Waals surface area contributed by atoms with Crippen molar-refractivity contribution in [2.45, 2.75) is 144 Å². The maximum Gasteiger partial charge on any atom is 0.349 e. The van der Waals surface area contributed by atoms with Crippen LogP contribution in [0.1, 0.15) is 141 Å². The fourth-order valence-corrected chi connectivity index (χ4v) is 12.8. The van der Waals surface area contributed by atoms with Crippen LogP contribution in [0.25, 0.3) is 33.1 Å². The summed E-state index contributed by atoms with van der Waals surface area (Å²) in [5.41, 5.74) is 5.83. The molecule has 2 aromatic heterocycles. The summed E-state index contributed by atoms with van der Waals surface area (Å²) in [6, 6.07) is 11.6. The summed E-state index contributed by atoms with van der Waals surface area (Å²) >= 11 is 0. The van der Waals surface area contributed by atoms with Gasteiger partial charge in [-0.15, -0.1) is 0 Å². The zero-order valence-corrected chi connectivity index (χ0v) is 41.8. The quantitative estimate of drug-likeness (QED) is 0.105. The molecule has 0 radical (unpaired) electrons. The van der Waals surface area contributed by atoms with E-state index in [0.717, 1.165) is 57.5 Å². The third kappa shape index (κ3) is 9.00. The Kier molecular flexibility index (Phi) is 13.3. The monoisotopic (exact) mass is 921 g/mol. The van der Waals surface area contributed by atoms with Crippen LogP contribution in [-0.4, -0.2) is 101 Å². The maximum absolute atomic E-state index is 13.9. The van der Waals surface area contributed by atoms with Gasteiger partial charge in [0.05, 0.1) is 23.3 Å². The lowest BCUT2D eigenvalue weighted by Crippen LogP contribution is -2.45. The minimum Gasteiger partial charge on any atom is -0.422 e. The molecule has 0 aliphatic carbocycles. The molecule has 2 amide bonds. The van der Waals surface area contributed by atoms with E-state index in [2.05, 4.69) is 110 Å². The van der Waals surface area contributed by atoms with Gasteiger partial charge < -0.3 is 37.5 Å². The highest BCUT2D eigenvalue weighted by atomic mass is 31.2. The predicted molar refractivity (Wildman–Crippen MR) is 266 cm³/mol. The van der Waals surface area contributed by atoms with Crippen LogP contribution >= 0.6 is 8.53 Å². The summed E-state index contributed by atoms with van der Waals surface area (Å²) < 4.78 is 27.7. The molecule has 4 aliphatic rings. The van der Waals surface area contributed by atoms with Gasteiger partial charge in [-0.05, 0) is 144 Å². The Labute approximate surface area is 390 Å². The smallest absolute Gasteiger partial charge is 0.349 e. The van der Waals surface area contributed by atoms with E-state index in [1.807, 2.05) is 24.3 Å². The van der Waals surface area contributed by atoms with Crippen molar-refractivity contribution >= 4 is 64.8 Å². The molecule has 2 fully saturated rings. The molecular weight excluding hydrogens is 854 g/mol. The lowest BCUT2D eigenvalue weighted by Gasteiger charge is -2.42. The van der Waals surface area contributed by atoms with Crippen LogP contribution in [0.4, 0.5) is 11.4 Å². The second-order valence-electron chi connectivity index (χ2n) is 20.2. The fourth-order valence-electron chi connectivity index (χ4n) is 10.9. The lowest BCUT2D eigenvalue weighted by molar-refractivity contribution is 0.0379. The van der Waals surface area contributed by atoms with Crippen molar-refractivity contribution in [1.82, 2.24) is 14.5 Å². The number of likely N-dealkylation sites (tertiary alicyclic amines) is 2. The van der Waals surface area contributed by atoms with Crippen molar-refractivity contribution in [3.63, 3.8) is 0 Å². The van der Waals surface area contributed by atoms with E-state index in [9.17, 15) is 19.2 Å². The van der Waals surface area contributed by atoms with E-state index in [1.165, 1.54) is 0 Å². The van der Waals surface area contributed by atoms with Gasteiger partial charge in [0.25, 0.3) is 20.3 Å². The summed E-state index contributed by atoms with van der Waals surface area (Å²) in [6.07, 6.45) is 6.55. The number of likely N-dealkylation sites (N-methyl/N-ethyl adjacent to an activating group) is 2.